The van der Waals surface area contributed by atoms with Crippen molar-refractivity contribution in [2.24, 2.45) is 0 Å². The lowest BCUT2D eigenvalue weighted by atomic mass is 10.0. The summed E-state index contributed by atoms with van der Waals surface area (Å²) in [7, 11) is 2.06. The van der Waals surface area contributed by atoms with Gasteiger partial charge >= 0.3 is 0 Å². The molecule has 1 aromatic heterocycles. The molecule has 3 aromatic rings. The highest BCUT2D eigenvalue weighted by molar-refractivity contribution is 5.78. The zero-order chi connectivity index (χ0) is 22.3. The van der Waals surface area contributed by atoms with Gasteiger partial charge in [0.1, 0.15) is 12.4 Å². The first-order valence-electron chi connectivity index (χ1n) is 11.2. The molecule has 0 atom stereocenters. The molecular weight excluding hydrogens is 400 g/mol. The van der Waals surface area contributed by atoms with Crippen LogP contribution < -0.4 is 4.90 Å². The maximum atomic E-state index is 12.8. The Hall–Kier alpha value is -3.25. The van der Waals surface area contributed by atoms with E-state index in [1.54, 1.807) is 0 Å². The molecule has 0 aliphatic carbocycles. The number of amides is 1. The Bertz CT molecular complexity index is 1040. The van der Waals surface area contributed by atoms with Crippen LogP contribution in [0.25, 0.3) is 11.4 Å². The van der Waals surface area contributed by atoms with Gasteiger partial charge < -0.3 is 14.5 Å². The molecule has 6 nitrogen and oxygen atoms in total. The molecule has 4 rings (SSSR count). The first-order chi connectivity index (χ1) is 15.7. The van der Waals surface area contributed by atoms with Crippen molar-refractivity contribution >= 4 is 11.7 Å². The third kappa shape index (κ3) is 5.14. The molecule has 2 aromatic carbocycles. The SMILES string of the molecule is CCCN(C)c1nc(-c2ccccc2)nc2c1CN(C(=O)COCc1ccccc1)CC2. The number of fused-ring (bicyclic) bond motifs is 1. The highest BCUT2D eigenvalue weighted by atomic mass is 16.5. The molecule has 2 heterocycles. The molecule has 0 fully saturated rings. The van der Waals surface area contributed by atoms with E-state index in [4.69, 9.17) is 14.7 Å². The van der Waals surface area contributed by atoms with Crippen LogP contribution in [0.3, 0.4) is 0 Å². The number of rotatable bonds is 8. The minimum absolute atomic E-state index is 0.00260. The van der Waals surface area contributed by atoms with Crippen molar-refractivity contribution in [3.05, 3.63) is 77.5 Å². The topological polar surface area (TPSA) is 58.6 Å². The minimum atomic E-state index is 0.00260. The molecule has 1 amide bonds. The van der Waals surface area contributed by atoms with Crippen molar-refractivity contribution in [2.75, 3.05) is 31.6 Å². The summed E-state index contributed by atoms with van der Waals surface area (Å²) in [6, 6.07) is 20.0. The fourth-order valence-corrected chi connectivity index (χ4v) is 4.00. The summed E-state index contributed by atoms with van der Waals surface area (Å²) < 4.78 is 5.68. The van der Waals surface area contributed by atoms with E-state index in [0.717, 1.165) is 53.4 Å². The number of carbonyl (C=O) groups is 1. The summed E-state index contributed by atoms with van der Waals surface area (Å²) in [4.78, 5) is 26.7. The third-order valence-corrected chi connectivity index (χ3v) is 5.68. The number of carbonyl (C=O) groups excluding carboxylic acids is 1. The van der Waals surface area contributed by atoms with E-state index in [1.165, 1.54) is 0 Å². The fourth-order valence-electron chi connectivity index (χ4n) is 4.00. The molecule has 1 aliphatic heterocycles. The van der Waals surface area contributed by atoms with Gasteiger partial charge in [-0.1, -0.05) is 67.6 Å². The molecule has 32 heavy (non-hydrogen) atoms. The zero-order valence-electron chi connectivity index (χ0n) is 18.8. The van der Waals surface area contributed by atoms with Crippen molar-refractivity contribution < 1.29 is 9.53 Å². The van der Waals surface area contributed by atoms with Crippen LogP contribution in [-0.4, -0.2) is 47.5 Å². The first-order valence-corrected chi connectivity index (χ1v) is 11.2. The van der Waals surface area contributed by atoms with Crippen molar-refractivity contribution in [3.63, 3.8) is 0 Å². The van der Waals surface area contributed by atoms with Gasteiger partial charge in [-0.05, 0) is 12.0 Å². The van der Waals surface area contributed by atoms with Crippen LogP contribution in [0.15, 0.2) is 60.7 Å². The van der Waals surface area contributed by atoms with Gasteiger partial charge in [-0.2, -0.15) is 0 Å². The van der Waals surface area contributed by atoms with Gasteiger partial charge in [0.2, 0.25) is 5.91 Å². The van der Waals surface area contributed by atoms with Crippen LogP contribution in [0, 0.1) is 0 Å². The van der Waals surface area contributed by atoms with Crippen LogP contribution in [-0.2, 0) is 29.1 Å². The van der Waals surface area contributed by atoms with Crippen molar-refractivity contribution in [3.8, 4) is 11.4 Å². The number of ether oxygens (including phenoxy) is 1. The normalized spacial score (nSPS) is 13.0. The number of benzene rings is 2. The lowest BCUT2D eigenvalue weighted by Gasteiger charge is -2.32. The van der Waals surface area contributed by atoms with E-state index in [9.17, 15) is 4.79 Å². The maximum Gasteiger partial charge on any atom is 0.248 e. The van der Waals surface area contributed by atoms with Crippen LogP contribution in [0.5, 0.6) is 0 Å². The molecule has 0 radical (unpaired) electrons. The number of hydrogen-bond acceptors (Lipinski definition) is 5. The molecule has 6 heteroatoms. The number of anilines is 1. The third-order valence-electron chi connectivity index (χ3n) is 5.68. The van der Waals surface area contributed by atoms with Gasteiger partial charge in [0.15, 0.2) is 5.82 Å². The van der Waals surface area contributed by atoms with E-state index >= 15 is 0 Å². The number of hydrogen-bond donors (Lipinski definition) is 0. The summed E-state index contributed by atoms with van der Waals surface area (Å²) >= 11 is 0. The van der Waals surface area contributed by atoms with Gasteiger partial charge in [0.25, 0.3) is 0 Å². The number of nitrogens with zero attached hydrogens (tertiary/aromatic N) is 4. The Balaban J connectivity index is 1.51. The van der Waals surface area contributed by atoms with Gasteiger partial charge in [0.05, 0.1) is 18.8 Å². The van der Waals surface area contributed by atoms with E-state index < -0.39 is 0 Å². The first kappa shape index (κ1) is 22.0. The van der Waals surface area contributed by atoms with Crippen LogP contribution >= 0.6 is 0 Å². The molecule has 0 saturated carbocycles. The highest BCUT2D eigenvalue weighted by Crippen LogP contribution is 2.29. The molecule has 0 spiro atoms. The molecule has 1 aliphatic rings. The summed E-state index contributed by atoms with van der Waals surface area (Å²) in [5.74, 6) is 1.66. The minimum Gasteiger partial charge on any atom is -0.367 e. The Kier molecular flexibility index (Phi) is 7.12. The smallest absolute Gasteiger partial charge is 0.248 e. The molecule has 166 valence electrons. The zero-order valence-corrected chi connectivity index (χ0v) is 18.8. The van der Waals surface area contributed by atoms with Crippen molar-refractivity contribution in [1.29, 1.82) is 0 Å². The molecule has 0 bridgehead atoms. The lowest BCUT2D eigenvalue weighted by Crippen LogP contribution is -2.39. The fraction of sp³-hybridized carbons (Fsp3) is 0.346. The summed E-state index contributed by atoms with van der Waals surface area (Å²) in [5, 5.41) is 0. The van der Waals surface area contributed by atoms with Crippen LogP contribution in [0.4, 0.5) is 5.82 Å². The molecule has 0 unspecified atom stereocenters. The number of aromatic nitrogens is 2. The van der Waals surface area contributed by atoms with Crippen molar-refractivity contribution in [1.82, 2.24) is 14.9 Å². The molecular formula is C26H30N4O2. The van der Waals surface area contributed by atoms with E-state index in [0.29, 0.717) is 19.7 Å². The standard InChI is InChI=1S/C26H30N4O2/c1-3-15-29(2)26-22-17-30(24(31)19-32-18-20-10-6-4-7-11-20)16-14-23(22)27-25(28-26)21-12-8-5-9-13-21/h4-13H,3,14-19H2,1-2H3. The Labute approximate surface area is 189 Å². The van der Waals surface area contributed by atoms with E-state index in [1.807, 2.05) is 65.6 Å². The second-order valence-corrected chi connectivity index (χ2v) is 8.13. The van der Waals surface area contributed by atoms with Crippen LogP contribution in [0.1, 0.15) is 30.2 Å². The largest absolute Gasteiger partial charge is 0.367 e. The van der Waals surface area contributed by atoms with Gasteiger partial charge in [0, 0.05) is 37.7 Å². The van der Waals surface area contributed by atoms with E-state index in [2.05, 4.69) is 18.9 Å². The predicted molar refractivity (Wildman–Crippen MR) is 126 cm³/mol. The predicted octanol–water partition coefficient (Wildman–Crippen LogP) is 4.09. The highest BCUT2D eigenvalue weighted by Gasteiger charge is 2.27. The Morgan fingerprint density at radius 3 is 2.50 bits per heavy atom. The Morgan fingerprint density at radius 2 is 1.78 bits per heavy atom. The van der Waals surface area contributed by atoms with Gasteiger partial charge in [-0.25, -0.2) is 9.97 Å². The van der Waals surface area contributed by atoms with Crippen molar-refractivity contribution in [2.45, 2.75) is 32.9 Å². The maximum absolute atomic E-state index is 12.8. The molecule has 0 saturated heterocycles. The summed E-state index contributed by atoms with van der Waals surface area (Å²) in [6.07, 6.45) is 1.74. The average molecular weight is 431 g/mol. The second kappa shape index (κ2) is 10.4. The Morgan fingerprint density at radius 1 is 1.06 bits per heavy atom. The van der Waals surface area contributed by atoms with Gasteiger partial charge in [-0.3, -0.25) is 4.79 Å². The lowest BCUT2D eigenvalue weighted by molar-refractivity contribution is -0.137. The monoisotopic (exact) mass is 430 g/mol. The summed E-state index contributed by atoms with van der Waals surface area (Å²) in [5.41, 5.74) is 4.15. The van der Waals surface area contributed by atoms with Crippen LogP contribution in [0.2, 0.25) is 0 Å². The van der Waals surface area contributed by atoms with E-state index in [-0.39, 0.29) is 12.5 Å². The van der Waals surface area contributed by atoms with Gasteiger partial charge in [-0.15, -0.1) is 0 Å². The molecule has 0 N–H and O–H groups in total. The average Bonchev–Trinajstić information content (AvgIpc) is 2.84. The summed E-state index contributed by atoms with van der Waals surface area (Å²) in [6.45, 7) is 4.72. The second-order valence-electron chi connectivity index (χ2n) is 8.13. The quantitative estimate of drug-likeness (QED) is 0.539.